The van der Waals surface area contributed by atoms with Gasteiger partial charge in [0.05, 0.1) is 10.7 Å². The lowest BCUT2D eigenvalue weighted by molar-refractivity contribution is 0.0690. The fourth-order valence-electron chi connectivity index (χ4n) is 1.21. The van der Waals surface area contributed by atoms with E-state index in [2.05, 4.69) is 5.10 Å². The zero-order chi connectivity index (χ0) is 10.8. The molecule has 0 aliphatic carbocycles. The first-order valence-corrected chi connectivity index (χ1v) is 4.60. The number of halogens is 1. The van der Waals surface area contributed by atoms with Gasteiger partial charge in [0.2, 0.25) is 0 Å². The largest absolute Gasteiger partial charge is 0.476 e. The number of carboxylic acids is 1. The predicted octanol–water partition coefficient (Wildman–Crippen LogP) is 2.22. The van der Waals surface area contributed by atoms with Crippen LogP contribution in [0.2, 0.25) is 5.02 Å². The lowest BCUT2D eigenvalue weighted by atomic mass is 10.3. The zero-order valence-corrected chi connectivity index (χ0v) is 8.35. The Morgan fingerprint density at radius 1 is 1.33 bits per heavy atom. The van der Waals surface area contributed by atoms with Crippen LogP contribution >= 0.6 is 11.6 Å². The molecule has 0 unspecified atom stereocenters. The summed E-state index contributed by atoms with van der Waals surface area (Å²) in [4.78, 5) is 10.6. The predicted molar refractivity (Wildman–Crippen MR) is 55.5 cm³/mol. The molecule has 0 amide bonds. The second-order valence-corrected chi connectivity index (χ2v) is 3.31. The molecule has 76 valence electrons. The highest BCUT2D eigenvalue weighted by Crippen LogP contribution is 2.18. The molecule has 15 heavy (non-hydrogen) atoms. The molecule has 0 fully saturated rings. The lowest BCUT2D eigenvalue weighted by Gasteiger charge is -2.02. The molecule has 0 aliphatic rings. The third-order valence-electron chi connectivity index (χ3n) is 1.91. The van der Waals surface area contributed by atoms with E-state index >= 15 is 0 Å². The fraction of sp³-hybridized carbons (Fsp3) is 0. The molecule has 0 saturated heterocycles. The van der Waals surface area contributed by atoms with E-state index in [-0.39, 0.29) is 5.69 Å². The monoisotopic (exact) mass is 222 g/mol. The number of hydrogen-bond acceptors (Lipinski definition) is 2. The normalized spacial score (nSPS) is 10.2. The van der Waals surface area contributed by atoms with E-state index in [0.29, 0.717) is 10.7 Å². The van der Waals surface area contributed by atoms with E-state index < -0.39 is 5.97 Å². The molecular weight excluding hydrogens is 216 g/mol. The average Bonchev–Trinajstić information content (AvgIpc) is 2.67. The van der Waals surface area contributed by atoms with Gasteiger partial charge in [-0.3, -0.25) is 0 Å². The zero-order valence-electron chi connectivity index (χ0n) is 7.59. The lowest BCUT2D eigenvalue weighted by Crippen LogP contribution is -2.01. The van der Waals surface area contributed by atoms with Crippen LogP contribution in [0.3, 0.4) is 0 Å². The minimum Gasteiger partial charge on any atom is -0.476 e. The second-order valence-electron chi connectivity index (χ2n) is 2.90. The van der Waals surface area contributed by atoms with Gasteiger partial charge in [-0.25, -0.2) is 9.48 Å². The van der Waals surface area contributed by atoms with Crippen LogP contribution in [0, 0.1) is 0 Å². The Labute approximate surface area is 90.7 Å². The van der Waals surface area contributed by atoms with Crippen molar-refractivity contribution in [3.63, 3.8) is 0 Å². The fourth-order valence-corrected chi connectivity index (χ4v) is 1.43. The van der Waals surface area contributed by atoms with E-state index in [0.717, 1.165) is 0 Å². The Kier molecular flexibility index (Phi) is 2.43. The Morgan fingerprint density at radius 2 is 2.07 bits per heavy atom. The van der Waals surface area contributed by atoms with Crippen LogP contribution in [0.1, 0.15) is 10.5 Å². The van der Waals surface area contributed by atoms with Gasteiger partial charge in [-0.05, 0) is 18.2 Å². The quantitative estimate of drug-likeness (QED) is 0.848. The summed E-state index contributed by atoms with van der Waals surface area (Å²) in [5.74, 6) is -1.05. The smallest absolute Gasteiger partial charge is 0.356 e. The molecule has 0 aliphatic heterocycles. The van der Waals surface area contributed by atoms with Gasteiger partial charge in [0, 0.05) is 6.20 Å². The second kappa shape index (κ2) is 3.74. The number of nitrogens with zero attached hydrogens (tertiary/aromatic N) is 2. The SMILES string of the molecule is O=C(O)c1ccn(-c2ccccc2Cl)n1. The molecule has 4 nitrogen and oxygen atoms in total. The first-order valence-electron chi connectivity index (χ1n) is 4.22. The Hall–Kier alpha value is -1.81. The van der Waals surface area contributed by atoms with E-state index in [1.807, 2.05) is 6.07 Å². The molecule has 1 heterocycles. The van der Waals surface area contributed by atoms with Crippen molar-refractivity contribution in [2.75, 3.05) is 0 Å². The first kappa shape index (κ1) is 9.73. The molecular formula is C10H7ClN2O2. The first-order chi connectivity index (χ1) is 7.18. The minimum absolute atomic E-state index is 0.00470. The number of carboxylic acid groups (broad SMARTS) is 1. The van der Waals surface area contributed by atoms with Gasteiger partial charge in [-0.1, -0.05) is 23.7 Å². The van der Waals surface area contributed by atoms with Crippen LogP contribution < -0.4 is 0 Å². The number of para-hydroxylation sites is 1. The summed E-state index contributed by atoms with van der Waals surface area (Å²) in [6, 6.07) is 8.52. The number of aromatic nitrogens is 2. The van der Waals surface area contributed by atoms with Gasteiger partial charge >= 0.3 is 5.97 Å². The topological polar surface area (TPSA) is 55.1 Å². The van der Waals surface area contributed by atoms with Crippen LogP contribution in [0.15, 0.2) is 36.5 Å². The maximum atomic E-state index is 10.6. The van der Waals surface area contributed by atoms with E-state index in [1.165, 1.54) is 10.7 Å². The van der Waals surface area contributed by atoms with E-state index in [4.69, 9.17) is 16.7 Å². The molecule has 0 atom stereocenters. The summed E-state index contributed by atoms with van der Waals surface area (Å²) in [6.45, 7) is 0. The van der Waals surface area contributed by atoms with Gasteiger partial charge in [0.1, 0.15) is 0 Å². The molecule has 0 saturated carbocycles. The summed E-state index contributed by atoms with van der Waals surface area (Å²) in [6.07, 6.45) is 1.56. The number of aromatic carboxylic acids is 1. The van der Waals surface area contributed by atoms with Crippen LogP contribution in [0.4, 0.5) is 0 Å². The van der Waals surface area contributed by atoms with Crippen molar-refractivity contribution in [2.45, 2.75) is 0 Å². The maximum absolute atomic E-state index is 10.6. The van der Waals surface area contributed by atoms with Gasteiger partial charge in [0.15, 0.2) is 5.69 Å². The molecule has 0 bridgehead atoms. The van der Waals surface area contributed by atoms with Gasteiger partial charge in [0.25, 0.3) is 0 Å². The van der Waals surface area contributed by atoms with Crippen molar-refractivity contribution in [3.8, 4) is 5.69 Å². The van der Waals surface area contributed by atoms with Crippen molar-refractivity contribution < 1.29 is 9.90 Å². The Balaban J connectivity index is 2.46. The highest BCUT2D eigenvalue weighted by Gasteiger charge is 2.08. The standard InChI is InChI=1S/C10H7ClN2O2/c11-7-3-1-2-4-9(7)13-6-5-8(12-13)10(14)15/h1-6H,(H,14,15). The summed E-state index contributed by atoms with van der Waals surface area (Å²) >= 11 is 5.94. The summed E-state index contributed by atoms with van der Waals surface area (Å²) in [7, 11) is 0. The average molecular weight is 223 g/mol. The third-order valence-corrected chi connectivity index (χ3v) is 2.23. The minimum atomic E-state index is -1.05. The summed E-state index contributed by atoms with van der Waals surface area (Å²) in [5, 5.41) is 13.1. The van der Waals surface area contributed by atoms with E-state index in [1.54, 1.807) is 24.4 Å². The molecule has 1 aromatic heterocycles. The van der Waals surface area contributed by atoms with Crippen molar-refractivity contribution in [2.24, 2.45) is 0 Å². The number of benzene rings is 1. The van der Waals surface area contributed by atoms with Crippen molar-refractivity contribution in [3.05, 3.63) is 47.2 Å². The van der Waals surface area contributed by atoms with Crippen LogP contribution in [0.25, 0.3) is 5.69 Å². The summed E-state index contributed by atoms with van der Waals surface area (Å²) in [5.41, 5.74) is 0.654. The number of carbonyl (C=O) groups is 1. The summed E-state index contributed by atoms with van der Waals surface area (Å²) < 4.78 is 1.44. The van der Waals surface area contributed by atoms with Crippen LogP contribution in [0.5, 0.6) is 0 Å². The molecule has 1 N–H and O–H groups in total. The number of hydrogen-bond donors (Lipinski definition) is 1. The highest BCUT2D eigenvalue weighted by molar-refractivity contribution is 6.32. The molecule has 2 aromatic rings. The van der Waals surface area contributed by atoms with Gasteiger partial charge in [-0.15, -0.1) is 0 Å². The molecule has 1 aromatic carbocycles. The molecule has 0 spiro atoms. The van der Waals surface area contributed by atoms with Crippen molar-refractivity contribution in [1.82, 2.24) is 9.78 Å². The van der Waals surface area contributed by atoms with Crippen molar-refractivity contribution in [1.29, 1.82) is 0 Å². The molecule has 5 heteroatoms. The van der Waals surface area contributed by atoms with Gasteiger partial charge < -0.3 is 5.11 Å². The van der Waals surface area contributed by atoms with Gasteiger partial charge in [-0.2, -0.15) is 5.10 Å². The third kappa shape index (κ3) is 1.85. The molecule has 0 radical (unpaired) electrons. The number of rotatable bonds is 2. The Bertz CT molecular complexity index is 508. The maximum Gasteiger partial charge on any atom is 0.356 e. The van der Waals surface area contributed by atoms with Crippen LogP contribution in [-0.2, 0) is 0 Å². The highest BCUT2D eigenvalue weighted by atomic mass is 35.5. The molecule has 2 rings (SSSR count). The van der Waals surface area contributed by atoms with Crippen LogP contribution in [-0.4, -0.2) is 20.9 Å². The Morgan fingerprint density at radius 3 is 2.67 bits per heavy atom. The van der Waals surface area contributed by atoms with E-state index in [9.17, 15) is 4.79 Å². The van der Waals surface area contributed by atoms with Crippen molar-refractivity contribution >= 4 is 17.6 Å².